The van der Waals surface area contributed by atoms with Gasteiger partial charge in [0.05, 0.1) is 0 Å². The van der Waals surface area contributed by atoms with E-state index in [2.05, 4.69) is 9.88 Å². The van der Waals surface area contributed by atoms with Gasteiger partial charge in [-0.15, -0.1) is 0 Å². The van der Waals surface area contributed by atoms with Crippen molar-refractivity contribution in [1.82, 2.24) is 14.8 Å². The topological polar surface area (TPSA) is 56.8 Å². The number of aromatic nitrogens is 1. The molecule has 1 spiro atoms. The smallest absolute Gasteiger partial charge is 0.246 e. The molecule has 5 rings (SSSR count). The lowest BCUT2D eigenvalue weighted by Crippen LogP contribution is -2.50. The predicted octanol–water partition coefficient (Wildman–Crippen LogP) is 3.21. The third kappa shape index (κ3) is 4.63. The molecule has 33 heavy (non-hydrogen) atoms. The summed E-state index contributed by atoms with van der Waals surface area (Å²) in [7, 11) is 0. The van der Waals surface area contributed by atoms with E-state index < -0.39 is 0 Å². The van der Waals surface area contributed by atoms with Gasteiger partial charge >= 0.3 is 0 Å². The van der Waals surface area contributed by atoms with Crippen LogP contribution >= 0.6 is 0 Å². The first-order valence-electron chi connectivity index (χ1n) is 11.7. The molecule has 1 aromatic heterocycles. The van der Waals surface area contributed by atoms with Crippen LogP contribution in [0.3, 0.4) is 0 Å². The zero-order chi connectivity index (χ0) is 22.8. The van der Waals surface area contributed by atoms with Crippen LogP contribution in [0.1, 0.15) is 24.8 Å². The largest absolute Gasteiger partial charge is 0.353 e. The Kier molecular flexibility index (Phi) is 5.87. The lowest BCUT2D eigenvalue weighted by Gasteiger charge is -2.37. The first-order chi connectivity index (χ1) is 16.0. The van der Waals surface area contributed by atoms with Crippen molar-refractivity contribution in [2.24, 2.45) is 11.3 Å². The first-order valence-corrected chi connectivity index (χ1v) is 11.7. The fourth-order valence-corrected chi connectivity index (χ4v) is 5.22. The Morgan fingerprint density at radius 1 is 0.970 bits per heavy atom. The molecule has 0 N–H and O–H groups in total. The SMILES string of the molecule is O=C(/C=C/c1cccc(F)c1)N1CCC2(CC1)C[C@H]2C(=O)N1CCN(c2ccccn2)CC1. The third-order valence-electron chi connectivity index (χ3n) is 7.39. The molecule has 2 aromatic rings. The molecule has 172 valence electrons. The average Bonchev–Trinajstić information content (AvgIpc) is 3.56. The number of piperidine rings is 1. The molecule has 1 saturated carbocycles. The number of carbonyl (C=O) groups is 2. The number of amides is 2. The van der Waals surface area contributed by atoms with Crippen molar-refractivity contribution in [3.8, 4) is 0 Å². The van der Waals surface area contributed by atoms with Crippen molar-refractivity contribution in [2.75, 3.05) is 44.2 Å². The summed E-state index contributed by atoms with van der Waals surface area (Å²) in [5.41, 5.74) is 0.742. The van der Waals surface area contributed by atoms with E-state index in [1.165, 1.54) is 18.2 Å². The molecule has 7 heteroatoms. The molecular weight excluding hydrogens is 419 g/mol. The van der Waals surface area contributed by atoms with Gasteiger partial charge in [-0.1, -0.05) is 18.2 Å². The number of nitrogens with zero attached hydrogens (tertiary/aromatic N) is 4. The Labute approximate surface area is 193 Å². The zero-order valence-corrected chi connectivity index (χ0v) is 18.7. The number of carbonyl (C=O) groups excluding carboxylic acids is 2. The molecule has 6 nitrogen and oxygen atoms in total. The maximum Gasteiger partial charge on any atom is 0.246 e. The Morgan fingerprint density at radius 3 is 2.45 bits per heavy atom. The molecule has 3 fully saturated rings. The summed E-state index contributed by atoms with van der Waals surface area (Å²) in [6.45, 7) is 4.42. The summed E-state index contributed by atoms with van der Waals surface area (Å²) in [4.78, 5) is 36.2. The Hall–Kier alpha value is -3.22. The zero-order valence-electron chi connectivity index (χ0n) is 18.7. The lowest BCUT2D eigenvalue weighted by molar-refractivity contribution is -0.134. The van der Waals surface area contributed by atoms with E-state index >= 15 is 0 Å². The second kappa shape index (κ2) is 8.96. The second-order valence-electron chi connectivity index (χ2n) is 9.33. The highest BCUT2D eigenvalue weighted by Gasteiger charge is 2.59. The number of likely N-dealkylation sites (tertiary alicyclic amines) is 1. The summed E-state index contributed by atoms with van der Waals surface area (Å²) in [6, 6.07) is 12.1. The fraction of sp³-hybridized carbons (Fsp3) is 0.423. The molecule has 3 aliphatic rings. The van der Waals surface area contributed by atoms with Crippen molar-refractivity contribution in [2.45, 2.75) is 19.3 Å². The molecule has 2 aliphatic heterocycles. The number of hydrogen-bond acceptors (Lipinski definition) is 4. The van der Waals surface area contributed by atoms with Crippen molar-refractivity contribution < 1.29 is 14.0 Å². The number of anilines is 1. The molecule has 3 heterocycles. The van der Waals surface area contributed by atoms with Gasteiger partial charge in [0, 0.05) is 57.5 Å². The average molecular weight is 449 g/mol. The van der Waals surface area contributed by atoms with E-state index in [-0.39, 0.29) is 29.0 Å². The van der Waals surface area contributed by atoms with Crippen molar-refractivity contribution in [1.29, 1.82) is 0 Å². The van der Waals surface area contributed by atoms with Gasteiger partial charge < -0.3 is 14.7 Å². The number of hydrogen-bond donors (Lipinski definition) is 0. The van der Waals surface area contributed by atoms with Crippen LogP contribution in [0.4, 0.5) is 10.2 Å². The van der Waals surface area contributed by atoms with Gasteiger partial charge in [0.2, 0.25) is 11.8 Å². The highest BCUT2D eigenvalue weighted by molar-refractivity contribution is 5.92. The Morgan fingerprint density at radius 2 is 1.76 bits per heavy atom. The summed E-state index contributed by atoms with van der Waals surface area (Å²) in [5.74, 6) is 0.979. The number of rotatable bonds is 4. The van der Waals surface area contributed by atoms with Crippen LogP contribution in [0.25, 0.3) is 6.08 Å². The standard InChI is InChI=1S/C26H29FN4O2/c27-21-5-3-4-20(18-21)7-8-24(32)30-12-9-26(10-13-30)19-22(26)25(33)31-16-14-29(15-17-31)23-6-1-2-11-28-23/h1-8,11,18,22H,9-10,12-17,19H2/b8-7+/t22-/m0/s1. The van der Waals surface area contributed by atoms with Gasteiger partial charge in [-0.2, -0.15) is 0 Å². The summed E-state index contributed by atoms with van der Waals surface area (Å²) in [5, 5.41) is 0. The monoisotopic (exact) mass is 448 g/mol. The normalized spacial score (nSPS) is 22.1. The van der Waals surface area contributed by atoms with E-state index in [9.17, 15) is 14.0 Å². The second-order valence-corrected chi connectivity index (χ2v) is 9.33. The van der Waals surface area contributed by atoms with Crippen LogP contribution in [0.2, 0.25) is 0 Å². The molecule has 2 amide bonds. The Balaban J connectivity index is 1.10. The fourth-order valence-electron chi connectivity index (χ4n) is 5.22. The van der Waals surface area contributed by atoms with E-state index in [4.69, 9.17) is 0 Å². The number of piperazine rings is 1. The maximum absolute atomic E-state index is 13.3. The summed E-state index contributed by atoms with van der Waals surface area (Å²) in [6.07, 6.45) is 7.66. The lowest BCUT2D eigenvalue weighted by atomic mass is 9.90. The molecule has 0 radical (unpaired) electrons. The Bertz CT molecular complexity index is 1040. The quantitative estimate of drug-likeness (QED) is 0.674. The molecule has 0 unspecified atom stereocenters. The number of halogens is 1. The van der Waals surface area contributed by atoms with Crippen LogP contribution in [0, 0.1) is 17.2 Å². The van der Waals surface area contributed by atoms with Gasteiger partial charge in [-0.25, -0.2) is 9.37 Å². The van der Waals surface area contributed by atoms with Crippen LogP contribution in [-0.2, 0) is 9.59 Å². The predicted molar refractivity (Wildman–Crippen MR) is 125 cm³/mol. The van der Waals surface area contributed by atoms with Gasteiger partial charge in [-0.3, -0.25) is 9.59 Å². The van der Waals surface area contributed by atoms with Crippen molar-refractivity contribution in [3.05, 3.63) is 66.1 Å². The first kappa shape index (κ1) is 21.6. The minimum absolute atomic E-state index is 0.0525. The van der Waals surface area contributed by atoms with E-state index in [1.807, 2.05) is 28.0 Å². The van der Waals surface area contributed by atoms with Crippen LogP contribution in [0.15, 0.2) is 54.7 Å². The molecule has 0 bridgehead atoms. The van der Waals surface area contributed by atoms with E-state index in [1.54, 1.807) is 24.4 Å². The van der Waals surface area contributed by atoms with E-state index in [0.29, 0.717) is 18.7 Å². The minimum atomic E-state index is -0.313. The highest BCUT2D eigenvalue weighted by atomic mass is 19.1. The highest BCUT2D eigenvalue weighted by Crippen LogP contribution is 2.60. The van der Waals surface area contributed by atoms with Crippen molar-refractivity contribution >= 4 is 23.7 Å². The molecule has 1 atom stereocenters. The minimum Gasteiger partial charge on any atom is -0.353 e. The van der Waals surface area contributed by atoms with Crippen LogP contribution < -0.4 is 4.90 Å². The maximum atomic E-state index is 13.3. The van der Waals surface area contributed by atoms with Gasteiger partial charge in [0.25, 0.3) is 0 Å². The summed E-state index contributed by atoms with van der Waals surface area (Å²) < 4.78 is 13.3. The van der Waals surface area contributed by atoms with E-state index in [0.717, 1.165) is 51.3 Å². The molecule has 1 aromatic carbocycles. The van der Waals surface area contributed by atoms with Gasteiger partial charge in [0.15, 0.2) is 0 Å². The third-order valence-corrected chi connectivity index (χ3v) is 7.39. The van der Waals surface area contributed by atoms with Gasteiger partial charge in [0.1, 0.15) is 11.6 Å². The molecule has 1 aliphatic carbocycles. The number of pyridine rings is 1. The van der Waals surface area contributed by atoms with Crippen LogP contribution in [0.5, 0.6) is 0 Å². The number of benzene rings is 1. The molecule has 2 saturated heterocycles. The van der Waals surface area contributed by atoms with Crippen molar-refractivity contribution in [3.63, 3.8) is 0 Å². The summed E-state index contributed by atoms with van der Waals surface area (Å²) >= 11 is 0. The van der Waals surface area contributed by atoms with Crippen LogP contribution in [-0.4, -0.2) is 65.9 Å². The van der Waals surface area contributed by atoms with Gasteiger partial charge in [-0.05, 0) is 60.6 Å². The molecular formula is C26H29FN4O2.